The fourth-order valence-corrected chi connectivity index (χ4v) is 10.3. The smallest absolute Gasteiger partial charge is 0.293 e. The van der Waals surface area contributed by atoms with Crippen LogP contribution in [0.4, 0.5) is 17.1 Å². The Morgan fingerprint density at radius 1 is 0.952 bits per heavy atom. The highest BCUT2D eigenvalue weighted by Crippen LogP contribution is 2.60. The molecular formula is C31H38N4O6S. The van der Waals surface area contributed by atoms with E-state index in [1.807, 2.05) is 12.1 Å². The summed E-state index contributed by atoms with van der Waals surface area (Å²) in [5.74, 6) is 2.37. The standard InChI is InChI=1S/C31H38N4O6S/c36-30(32-25-5-3-24(4-6-25)31-18-21-14-22(19-31)16-23(15-21)20-31)28-2-1-9-34(28)27-8-7-26(17-29(27)35(37)38)42(39,40)33-10-12-41-13-11-33/h3-8,17,21-23,28H,1-2,9-16,18-20H2,(H,32,36)/t21?,22?,23?,28-,31?/m0/s1. The second-order valence-electron chi connectivity index (χ2n) is 13.0. The molecule has 11 heteroatoms. The number of nitro groups is 1. The van der Waals surface area contributed by atoms with Crippen LogP contribution in [0.2, 0.25) is 0 Å². The molecule has 4 saturated carbocycles. The van der Waals surface area contributed by atoms with E-state index in [0.29, 0.717) is 24.8 Å². The molecule has 1 amide bonds. The van der Waals surface area contributed by atoms with E-state index in [4.69, 9.17) is 4.74 Å². The SMILES string of the molecule is O=C(Nc1ccc(C23CC4CC(CC(C4)C2)C3)cc1)[C@@H]1CCCN1c1ccc(S(=O)(=O)N2CCOCC2)cc1[N+](=O)[O-]. The van der Waals surface area contributed by atoms with Gasteiger partial charge in [0.15, 0.2) is 0 Å². The lowest BCUT2D eigenvalue weighted by atomic mass is 9.48. The van der Waals surface area contributed by atoms with Gasteiger partial charge in [0.05, 0.1) is 23.0 Å². The van der Waals surface area contributed by atoms with Crippen LogP contribution >= 0.6 is 0 Å². The predicted octanol–water partition coefficient (Wildman–Crippen LogP) is 4.69. The zero-order chi connectivity index (χ0) is 29.1. The lowest BCUT2D eigenvalue weighted by Gasteiger charge is -2.57. The maximum Gasteiger partial charge on any atom is 0.293 e. The first-order valence-electron chi connectivity index (χ1n) is 15.3. The van der Waals surface area contributed by atoms with E-state index >= 15 is 0 Å². The predicted molar refractivity (Wildman–Crippen MR) is 158 cm³/mol. The first-order valence-corrected chi connectivity index (χ1v) is 16.7. The molecule has 0 spiro atoms. The van der Waals surface area contributed by atoms with Crippen molar-refractivity contribution in [1.82, 2.24) is 4.31 Å². The number of nitrogens with zero attached hydrogens (tertiary/aromatic N) is 3. The van der Waals surface area contributed by atoms with Crippen LogP contribution in [0.25, 0.3) is 0 Å². The van der Waals surface area contributed by atoms with E-state index in [-0.39, 0.29) is 48.5 Å². The molecule has 224 valence electrons. The van der Waals surface area contributed by atoms with Crippen molar-refractivity contribution in [1.29, 1.82) is 0 Å². The first kappa shape index (κ1) is 27.8. The van der Waals surface area contributed by atoms with E-state index < -0.39 is 21.0 Å². The van der Waals surface area contributed by atoms with Crippen LogP contribution < -0.4 is 10.2 Å². The maximum atomic E-state index is 13.5. The molecule has 0 aromatic heterocycles. The number of carbonyl (C=O) groups is 1. The summed E-state index contributed by atoms with van der Waals surface area (Å²) in [6, 6.07) is 11.8. The minimum absolute atomic E-state index is 0.126. The molecule has 10 nitrogen and oxygen atoms in total. The number of sulfonamides is 1. The van der Waals surface area contributed by atoms with Gasteiger partial charge in [0, 0.05) is 31.4 Å². The van der Waals surface area contributed by atoms with Gasteiger partial charge in [-0.2, -0.15) is 4.31 Å². The topological polar surface area (TPSA) is 122 Å². The maximum absolute atomic E-state index is 13.5. The van der Waals surface area contributed by atoms with Gasteiger partial charge in [-0.15, -0.1) is 0 Å². The molecule has 2 heterocycles. The molecule has 1 atom stereocenters. The number of nitrogens with one attached hydrogen (secondary N) is 1. The number of hydrogen-bond donors (Lipinski definition) is 1. The monoisotopic (exact) mass is 594 g/mol. The molecule has 2 aromatic carbocycles. The summed E-state index contributed by atoms with van der Waals surface area (Å²) >= 11 is 0. The molecule has 2 aromatic rings. The van der Waals surface area contributed by atoms with Crippen molar-refractivity contribution in [2.75, 3.05) is 43.1 Å². The number of nitro benzene ring substituents is 1. The number of rotatable bonds is 7. The highest BCUT2D eigenvalue weighted by atomic mass is 32.2. The Kier molecular flexibility index (Phi) is 7.02. The van der Waals surface area contributed by atoms with Crippen molar-refractivity contribution < 1.29 is 22.9 Å². The normalized spacial score (nSPS) is 30.9. The lowest BCUT2D eigenvalue weighted by Crippen LogP contribution is -2.48. The second-order valence-corrected chi connectivity index (χ2v) is 15.0. The number of ether oxygens (including phenoxy) is 1. The number of hydrogen-bond acceptors (Lipinski definition) is 7. The number of anilines is 2. The van der Waals surface area contributed by atoms with E-state index in [0.717, 1.165) is 29.5 Å². The number of amides is 1. The molecule has 0 radical (unpaired) electrons. The zero-order valence-electron chi connectivity index (χ0n) is 23.7. The van der Waals surface area contributed by atoms with E-state index in [1.165, 1.54) is 60.5 Å². The molecular weight excluding hydrogens is 556 g/mol. The van der Waals surface area contributed by atoms with Crippen LogP contribution in [-0.4, -0.2) is 62.4 Å². The van der Waals surface area contributed by atoms with Crippen LogP contribution in [0.5, 0.6) is 0 Å². The van der Waals surface area contributed by atoms with E-state index in [1.54, 1.807) is 4.90 Å². The van der Waals surface area contributed by atoms with Crippen LogP contribution in [0.3, 0.4) is 0 Å². The molecule has 4 aliphatic carbocycles. The average molecular weight is 595 g/mol. The Morgan fingerprint density at radius 2 is 1.60 bits per heavy atom. The van der Waals surface area contributed by atoms with Crippen molar-refractivity contribution >= 4 is 33.0 Å². The van der Waals surface area contributed by atoms with Gasteiger partial charge in [0.2, 0.25) is 15.9 Å². The van der Waals surface area contributed by atoms with Crippen molar-refractivity contribution in [2.45, 2.75) is 67.7 Å². The van der Waals surface area contributed by atoms with Crippen LogP contribution in [-0.2, 0) is 25.0 Å². The van der Waals surface area contributed by atoms with Gasteiger partial charge in [0.1, 0.15) is 11.7 Å². The summed E-state index contributed by atoms with van der Waals surface area (Å²) in [4.78, 5) is 26.6. The quantitative estimate of drug-likeness (QED) is 0.365. The Labute approximate surface area is 246 Å². The van der Waals surface area contributed by atoms with Gasteiger partial charge >= 0.3 is 0 Å². The molecule has 2 saturated heterocycles. The number of benzene rings is 2. The summed E-state index contributed by atoms with van der Waals surface area (Å²) < 4.78 is 32.8. The second kappa shape index (κ2) is 10.6. The minimum Gasteiger partial charge on any atom is -0.379 e. The third kappa shape index (κ3) is 4.89. The Bertz CT molecular complexity index is 1450. The molecule has 1 N–H and O–H groups in total. The Morgan fingerprint density at radius 3 is 2.21 bits per heavy atom. The Balaban J connectivity index is 1.08. The van der Waals surface area contributed by atoms with Gasteiger partial charge in [-0.25, -0.2) is 8.42 Å². The van der Waals surface area contributed by atoms with Crippen molar-refractivity contribution in [2.24, 2.45) is 17.8 Å². The number of morpholine rings is 1. The van der Waals surface area contributed by atoms with E-state index in [2.05, 4.69) is 17.4 Å². The highest BCUT2D eigenvalue weighted by Gasteiger charge is 2.51. The summed E-state index contributed by atoms with van der Waals surface area (Å²) in [6.07, 6.45) is 9.31. The molecule has 8 rings (SSSR count). The van der Waals surface area contributed by atoms with Crippen LogP contribution in [0, 0.1) is 27.9 Å². The van der Waals surface area contributed by atoms with Crippen molar-refractivity contribution in [3.8, 4) is 0 Å². The highest BCUT2D eigenvalue weighted by molar-refractivity contribution is 7.89. The Hall–Kier alpha value is -3.02. The summed E-state index contributed by atoms with van der Waals surface area (Å²) in [5.41, 5.74) is 2.35. The largest absolute Gasteiger partial charge is 0.379 e. The molecule has 42 heavy (non-hydrogen) atoms. The fourth-order valence-electron chi connectivity index (χ4n) is 8.91. The zero-order valence-corrected chi connectivity index (χ0v) is 24.6. The van der Waals surface area contributed by atoms with Crippen molar-refractivity contribution in [3.63, 3.8) is 0 Å². The van der Waals surface area contributed by atoms with Gasteiger partial charge in [-0.05, 0) is 104 Å². The number of carbonyl (C=O) groups excluding carboxylic acids is 1. The molecule has 4 bridgehead atoms. The van der Waals surface area contributed by atoms with Gasteiger partial charge in [0.25, 0.3) is 5.69 Å². The average Bonchev–Trinajstić information content (AvgIpc) is 3.47. The molecule has 6 fully saturated rings. The first-order chi connectivity index (χ1) is 20.2. The lowest BCUT2D eigenvalue weighted by molar-refractivity contribution is -0.384. The summed E-state index contributed by atoms with van der Waals surface area (Å²) in [5, 5.41) is 15.2. The van der Waals surface area contributed by atoms with Crippen LogP contribution in [0.15, 0.2) is 47.4 Å². The van der Waals surface area contributed by atoms with Gasteiger partial charge in [-0.1, -0.05) is 12.1 Å². The minimum atomic E-state index is -3.90. The van der Waals surface area contributed by atoms with E-state index in [9.17, 15) is 23.3 Å². The molecule has 6 aliphatic rings. The van der Waals surface area contributed by atoms with Gasteiger partial charge in [-0.3, -0.25) is 14.9 Å². The summed E-state index contributed by atoms with van der Waals surface area (Å²) in [7, 11) is -3.90. The van der Waals surface area contributed by atoms with Gasteiger partial charge < -0.3 is 15.0 Å². The molecule has 0 unspecified atom stereocenters. The van der Waals surface area contributed by atoms with Crippen LogP contribution in [0.1, 0.15) is 56.9 Å². The third-order valence-electron chi connectivity index (χ3n) is 10.4. The van der Waals surface area contributed by atoms with Crippen molar-refractivity contribution in [3.05, 3.63) is 58.1 Å². The summed E-state index contributed by atoms with van der Waals surface area (Å²) in [6.45, 7) is 1.45. The molecule has 2 aliphatic heterocycles. The third-order valence-corrected chi connectivity index (χ3v) is 12.3. The fraction of sp³-hybridized carbons (Fsp3) is 0.581.